The third kappa shape index (κ3) is 3.89. The Morgan fingerprint density at radius 1 is 1.53 bits per heavy atom. The van der Waals surface area contributed by atoms with Crippen molar-refractivity contribution in [2.45, 2.75) is 37.7 Å². The maximum absolute atomic E-state index is 5.91. The molecule has 0 radical (unpaired) electrons. The van der Waals surface area contributed by atoms with E-state index < -0.39 is 0 Å². The first kappa shape index (κ1) is 14.3. The van der Waals surface area contributed by atoms with E-state index in [0.717, 1.165) is 29.1 Å². The lowest BCUT2D eigenvalue weighted by Crippen LogP contribution is -2.17. The summed E-state index contributed by atoms with van der Waals surface area (Å²) in [5, 5.41) is 0. The molecular weight excluding hydrogens is 250 g/mol. The quantitative estimate of drug-likeness (QED) is 0.632. The highest BCUT2D eigenvalue weighted by Gasteiger charge is 2.13. The molecule has 1 unspecified atom stereocenters. The van der Waals surface area contributed by atoms with Gasteiger partial charge in [0.05, 0.1) is 11.7 Å². The summed E-state index contributed by atoms with van der Waals surface area (Å²) in [6.07, 6.45) is 4.33. The third-order valence-corrected chi connectivity index (χ3v) is 3.46. The summed E-state index contributed by atoms with van der Waals surface area (Å²) >= 11 is 6.74. The van der Waals surface area contributed by atoms with Gasteiger partial charge in [0.25, 0.3) is 0 Å². The van der Waals surface area contributed by atoms with Crippen LogP contribution in [-0.4, -0.2) is 17.3 Å². The molecule has 1 rings (SSSR count). The molecule has 0 aliphatic rings. The van der Waals surface area contributed by atoms with Crippen molar-refractivity contribution in [1.82, 2.24) is 0 Å². The van der Waals surface area contributed by atoms with Crippen LogP contribution < -0.4 is 10.5 Å². The number of hydrogen-bond acceptors (Lipinski definition) is 3. The molecule has 0 fully saturated rings. The molecule has 1 atom stereocenters. The lowest BCUT2D eigenvalue weighted by atomic mass is 10.2. The fourth-order valence-electron chi connectivity index (χ4n) is 1.70. The van der Waals surface area contributed by atoms with Crippen molar-refractivity contribution < 1.29 is 4.74 Å². The molecule has 0 aromatic heterocycles. The maximum atomic E-state index is 5.91. The summed E-state index contributed by atoms with van der Waals surface area (Å²) in [5.74, 6) is 0.797. The summed E-state index contributed by atoms with van der Waals surface area (Å²) in [7, 11) is 0. The molecule has 17 heavy (non-hydrogen) atoms. The molecule has 0 heterocycles. The molecule has 0 bridgehead atoms. The molecule has 1 aromatic carbocycles. The summed E-state index contributed by atoms with van der Waals surface area (Å²) in [6, 6.07) is 5.92. The van der Waals surface area contributed by atoms with Crippen molar-refractivity contribution in [3.63, 3.8) is 0 Å². The number of thiocarbonyl (C=S) groups is 1. The van der Waals surface area contributed by atoms with Crippen molar-refractivity contribution >= 4 is 29.0 Å². The van der Waals surface area contributed by atoms with E-state index in [9.17, 15) is 0 Å². The zero-order chi connectivity index (χ0) is 12.8. The smallest absolute Gasteiger partial charge is 0.131 e. The molecule has 0 saturated heterocycles. The first-order chi connectivity index (χ1) is 8.10. The molecule has 2 N–H and O–H groups in total. The van der Waals surface area contributed by atoms with Gasteiger partial charge in [-0.25, -0.2) is 0 Å². The van der Waals surface area contributed by atoms with Gasteiger partial charge in [0.1, 0.15) is 10.7 Å². The van der Waals surface area contributed by atoms with Crippen LogP contribution in [-0.2, 0) is 0 Å². The van der Waals surface area contributed by atoms with Crippen molar-refractivity contribution in [3.05, 3.63) is 23.8 Å². The Balaban J connectivity index is 3.02. The van der Waals surface area contributed by atoms with E-state index in [1.54, 1.807) is 11.8 Å². The second kappa shape index (κ2) is 6.87. The van der Waals surface area contributed by atoms with Crippen LogP contribution in [0.15, 0.2) is 23.1 Å². The topological polar surface area (TPSA) is 35.2 Å². The normalized spacial score (nSPS) is 12.2. The highest BCUT2D eigenvalue weighted by Crippen LogP contribution is 2.29. The van der Waals surface area contributed by atoms with E-state index in [1.807, 2.05) is 24.5 Å². The Kier molecular flexibility index (Phi) is 5.78. The van der Waals surface area contributed by atoms with E-state index in [1.165, 1.54) is 0 Å². The minimum atomic E-state index is 0.185. The monoisotopic (exact) mass is 269 g/mol. The highest BCUT2D eigenvalue weighted by molar-refractivity contribution is 7.98. The summed E-state index contributed by atoms with van der Waals surface area (Å²) in [4.78, 5) is 1.47. The Bertz CT molecular complexity index is 393. The Morgan fingerprint density at radius 2 is 2.24 bits per heavy atom. The lowest BCUT2D eigenvalue weighted by molar-refractivity contribution is 0.209. The molecule has 0 spiro atoms. The standard InChI is InChI=1S/C13H19NOS2/c1-4-6-9(2)15-10-7-5-8-11(17-3)12(10)13(14)16/h5,7-9H,4,6H2,1-3H3,(H2,14,16). The van der Waals surface area contributed by atoms with Gasteiger partial charge < -0.3 is 10.5 Å². The van der Waals surface area contributed by atoms with E-state index in [2.05, 4.69) is 13.8 Å². The second-order valence-electron chi connectivity index (χ2n) is 3.91. The Labute approximate surface area is 113 Å². The molecule has 0 saturated carbocycles. The lowest BCUT2D eigenvalue weighted by Gasteiger charge is -2.18. The van der Waals surface area contributed by atoms with Crippen molar-refractivity contribution in [2.24, 2.45) is 5.73 Å². The van der Waals surface area contributed by atoms with E-state index in [-0.39, 0.29) is 6.10 Å². The Hall–Kier alpha value is -0.740. The first-order valence-electron chi connectivity index (χ1n) is 5.73. The minimum absolute atomic E-state index is 0.185. The summed E-state index contributed by atoms with van der Waals surface area (Å²) < 4.78 is 5.91. The molecule has 94 valence electrons. The number of benzene rings is 1. The fraction of sp³-hybridized carbons (Fsp3) is 0.462. The fourth-order valence-corrected chi connectivity index (χ4v) is 2.61. The predicted octanol–water partition coefficient (Wildman–Crippen LogP) is 3.61. The van der Waals surface area contributed by atoms with Gasteiger partial charge in [-0.2, -0.15) is 0 Å². The predicted molar refractivity (Wildman–Crippen MR) is 79.1 cm³/mol. The van der Waals surface area contributed by atoms with Gasteiger partial charge in [0.2, 0.25) is 0 Å². The number of ether oxygens (including phenoxy) is 1. The maximum Gasteiger partial charge on any atom is 0.131 e. The largest absolute Gasteiger partial charge is 0.490 e. The highest BCUT2D eigenvalue weighted by atomic mass is 32.2. The van der Waals surface area contributed by atoms with Crippen LogP contribution in [0, 0.1) is 0 Å². The van der Waals surface area contributed by atoms with Gasteiger partial charge in [-0.05, 0) is 31.7 Å². The molecule has 4 heteroatoms. The molecule has 0 aliphatic heterocycles. The molecule has 0 aliphatic carbocycles. The average molecular weight is 269 g/mol. The number of rotatable bonds is 6. The van der Waals surface area contributed by atoms with E-state index in [0.29, 0.717) is 4.99 Å². The average Bonchev–Trinajstić information content (AvgIpc) is 2.28. The van der Waals surface area contributed by atoms with Crippen molar-refractivity contribution in [2.75, 3.05) is 6.26 Å². The van der Waals surface area contributed by atoms with Gasteiger partial charge >= 0.3 is 0 Å². The SMILES string of the molecule is CCCC(C)Oc1cccc(SC)c1C(N)=S. The van der Waals surface area contributed by atoms with E-state index >= 15 is 0 Å². The zero-order valence-electron chi connectivity index (χ0n) is 10.5. The van der Waals surface area contributed by atoms with Gasteiger partial charge in [-0.3, -0.25) is 0 Å². The van der Waals surface area contributed by atoms with Gasteiger partial charge in [-0.15, -0.1) is 11.8 Å². The van der Waals surface area contributed by atoms with Crippen LogP contribution in [0.1, 0.15) is 32.3 Å². The van der Waals surface area contributed by atoms with Gasteiger partial charge in [0, 0.05) is 4.90 Å². The number of thioether (sulfide) groups is 1. The second-order valence-corrected chi connectivity index (χ2v) is 5.20. The van der Waals surface area contributed by atoms with Gasteiger partial charge in [-0.1, -0.05) is 31.6 Å². The molecule has 0 amide bonds. The van der Waals surface area contributed by atoms with Crippen molar-refractivity contribution in [1.29, 1.82) is 0 Å². The third-order valence-electron chi connectivity index (χ3n) is 2.48. The molecular formula is C13H19NOS2. The van der Waals surface area contributed by atoms with Crippen LogP contribution in [0.25, 0.3) is 0 Å². The van der Waals surface area contributed by atoms with Crippen LogP contribution in [0.5, 0.6) is 5.75 Å². The van der Waals surface area contributed by atoms with Crippen LogP contribution in [0.4, 0.5) is 0 Å². The molecule has 2 nitrogen and oxygen atoms in total. The van der Waals surface area contributed by atoms with Crippen LogP contribution in [0.3, 0.4) is 0 Å². The molecule has 1 aromatic rings. The Morgan fingerprint density at radius 3 is 2.76 bits per heavy atom. The number of hydrogen-bond donors (Lipinski definition) is 1. The number of nitrogens with two attached hydrogens (primary N) is 1. The van der Waals surface area contributed by atoms with Gasteiger partial charge in [0.15, 0.2) is 0 Å². The zero-order valence-corrected chi connectivity index (χ0v) is 12.2. The summed E-state index contributed by atoms with van der Waals surface area (Å²) in [5.41, 5.74) is 6.64. The minimum Gasteiger partial charge on any atom is -0.490 e. The van der Waals surface area contributed by atoms with Crippen molar-refractivity contribution in [3.8, 4) is 5.75 Å². The van der Waals surface area contributed by atoms with E-state index in [4.69, 9.17) is 22.7 Å². The van der Waals surface area contributed by atoms with Crippen LogP contribution in [0.2, 0.25) is 0 Å². The first-order valence-corrected chi connectivity index (χ1v) is 7.36. The van der Waals surface area contributed by atoms with Crippen LogP contribution >= 0.6 is 24.0 Å². The summed E-state index contributed by atoms with van der Waals surface area (Å²) in [6.45, 7) is 4.21.